The molecule has 0 amide bonds. The van der Waals surface area contributed by atoms with Crippen LogP contribution < -0.4 is 4.18 Å². The van der Waals surface area contributed by atoms with Gasteiger partial charge >= 0.3 is 10.1 Å². The van der Waals surface area contributed by atoms with E-state index >= 15 is 0 Å². The number of pyridine rings is 1. The summed E-state index contributed by atoms with van der Waals surface area (Å²) < 4.78 is 54.1. The topological polar surface area (TPSA) is 56.3 Å². The maximum Gasteiger partial charge on any atom is 0.340 e. The molecule has 0 saturated carbocycles. The molecule has 0 spiro atoms. The first kappa shape index (κ1) is 13.7. The van der Waals surface area contributed by atoms with Crippen LogP contribution in [-0.4, -0.2) is 13.4 Å². The van der Waals surface area contributed by atoms with Gasteiger partial charge in [-0.25, -0.2) is 13.8 Å². The van der Waals surface area contributed by atoms with Gasteiger partial charge in [0.2, 0.25) is 0 Å². The molecule has 2 rings (SSSR count). The fraction of sp³-hybridized carbons (Fsp3) is 0. The van der Waals surface area contributed by atoms with Gasteiger partial charge in [-0.2, -0.15) is 8.42 Å². The Morgan fingerprint density at radius 1 is 1.16 bits per heavy atom. The fourth-order valence-electron chi connectivity index (χ4n) is 1.22. The van der Waals surface area contributed by atoms with Crippen molar-refractivity contribution in [3.05, 3.63) is 53.3 Å². The molecule has 0 aliphatic carbocycles. The average molecular weight is 306 g/mol. The second-order valence-corrected chi connectivity index (χ2v) is 5.36. The molecule has 0 aliphatic rings. The zero-order valence-electron chi connectivity index (χ0n) is 9.18. The van der Waals surface area contributed by atoms with Crippen molar-refractivity contribution in [3.8, 4) is 5.75 Å². The minimum Gasteiger partial charge on any atom is -0.376 e. The Labute approximate surface area is 112 Å². The molecular weight excluding hydrogens is 300 g/mol. The third-order valence-electron chi connectivity index (χ3n) is 2.08. The number of hydrogen-bond acceptors (Lipinski definition) is 4. The molecule has 1 aromatic carbocycles. The summed E-state index contributed by atoms with van der Waals surface area (Å²) in [5.74, 6) is -2.56. The number of nitrogens with zero attached hydrogens (tertiary/aromatic N) is 1. The summed E-state index contributed by atoms with van der Waals surface area (Å²) in [6, 6.07) is 4.69. The zero-order valence-corrected chi connectivity index (χ0v) is 10.8. The van der Waals surface area contributed by atoms with Gasteiger partial charge in [0.05, 0.1) is 6.20 Å². The van der Waals surface area contributed by atoms with Crippen LogP contribution in [0.3, 0.4) is 0 Å². The lowest BCUT2D eigenvalue weighted by molar-refractivity contribution is 0.457. The Morgan fingerprint density at radius 2 is 1.89 bits per heavy atom. The second-order valence-electron chi connectivity index (χ2n) is 3.43. The van der Waals surface area contributed by atoms with E-state index in [1.54, 1.807) is 0 Å². The highest BCUT2D eigenvalue weighted by Crippen LogP contribution is 2.22. The minimum atomic E-state index is -4.25. The van der Waals surface area contributed by atoms with Crippen molar-refractivity contribution in [2.45, 2.75) is 4.90 Å². The molecule has 19 heavy (non-hydrogen) atoms. The first-order chi connectivity index (χ1) is 8.88. The van der Waals surface area contributed by atoms with Crippen LogP contribution in [0.4, 0.5) is 8.78 Å². The molecule has 0 atom stereocenters. The van der Waals surface area contributed by atoms with Crippen LogP contribution in [0.15, 0.2) is 41.4 Å². The Bertz CT molecular complexity index is 704. The summed E-state index contributed by atoms with van der Waals surface area (Å²) in [5.41, 5.74) is 0. The predicted octanol–water partition coefficient (Wildman–Crippen LogP) is 2.78. The SMILES string of the molecule is O=S(=O)(Oc1ccc(F)cc1F)c1ccc(Cl)nc1. The quantitative estimate of drug-likeness (QED) is 0.646. The Morgan fingerprint density at radius 3 is 2.47 bits per heavy atom. The van der Waals surface area contributed by atoms with E-state index in [0.29, 0.717) is 6.07 Å². The molecule has 0 fully saturated rings. The molecule has 100 valence electrons. The summed E-state index contributed by atoms with van der Waals surface area (Å²) in [4.78, 5) is 3.28. The van der Waals surface area contributed by atoms with E-state index in [9.17, 15) is 17.2 Å². The molecule has 0 unspecified atom stereocenters. The standard InChI is InChI=1S/C11H6ClF2NO3S/c12-11-4-2-8(6-15-11)19(16,17)18-10-3-1-7(13)5-9(10)14/h1-6H. The fourth-order valence-corrected chi connectivity index (χ4v) is 2.22. The van der Waals surface area contributed by atoms with Gasteiger partial charge in [0.1, 0.15) is 15.9 Å². The lowest BCUT2D eigenvalue weighted by atomic mass is 10.3. The number of benzene rings is 1. The van der Waals surface area contributed by atoms with Crippen molar-refractivity contribution < 1.29 is 21.4 Å². The van der Waals surface area contributed by atoms with Gasteiger partial charge in [0, 0.05) is 6.07 Å². The number of halogens is 3. The predicted molar refractivity (Wildman–Crippen MR) is 63.4 cm³/mol. The monoisotopic (exact) mass is 305 g/mol. The molecule has 0 radical (unpaired) electrons. The van der Waals surface area contributed by atoms with Gasteiger partial charge in [0.25, 0.3) is 0 Å². The maximum absolute atomic E-state index is 13.3. The van der Waals surface area contributed by atoms with Crippen LogP contribution in [0.25, 0.3) is 0 Å². The first-order valence-electron chi connectivity index (χ1n) is 4.89. The third-order valence-corrected chi connectivity index (χ3v) is 3.52. The Balaban J connectivity index is 2.33. The molecule has 0 saturated heterocycles. The summed E-state index contributed by atoms with van der Waals surface area (Å²) in [7, 11) is -4.25. The van der Waals surface area contributed by atoms with Crippen molar-refractivity contribution in [1.29, 1.82) is 0 Å². The summed E-state index contributed by atoms with van der Waals surface area (Å²) in [6.45, 7) is 0. The molecule has 2 aromatic rings. The van der Waals surface area contributed by atoms with Crippen molar-refractivity contribution in [2.24, 2.45) is 0 Å². The molecule has 0 aliphatic heterocycles. The minimum absolute atomic E-state index is 0.104. The van der Waals surface area contributed by atoms with Crippen LogP contribution in [0.5, 0.6) is 5.75 Å². The first-order valence-corrected chi connectivity index (χ1v) is 6.68. The van der Waals surface area contributed by atoms with Gasteiger partial charge in [-0.1, -0.05) is 11.6 Å². The van der Waals surface area contributed by atoms with Gasteiger partial charge in [0.15, 0.2) is 11.6 Å². The molecule has 0 bridgehead atoms. The van der Waals surface area contributed by atoms with E-state index in [1.165, 1.54) is 6.07 Å². The molecule has 8 heteroatoms. The lowest BCUT2D eigenvalue weighted by Crippen LogP contribution is -2.11. The van der Waals surface area contributed by atoms with Crippen LogP contribution in [0.1, 0.15) is 0 Å². The summed E-state index contributed by atoms with van der Waals surface area (Å²) >= 11 is 5.52. The molecular formula is C11H6ClF2NO3S. The molecule has 1 aromatic heterocycles. The van der Waals surface area contributed by atoms with Crippen molar-refractivity contribution in [1.82, 2.24) is 4.98 Å². The zero-order chi connectivity index (χ0) is 14.0. The number of rotatable bonds is 3. The van der Waals surface area contributed by atoms with E-state index < -0.39 is 27.5 Å². The van der Waals surface area contributed by atoms with E-state index in [4.69, 9.17) is 11.6 Å². The molecule has 4 nitrogen and oxygen atoms in total. The van der Waals surface area contributed by atoms with Crippen LogP contribution in [0.2, 0.25) is 5.15 Å². The largest absolute Gasteiger partial charge is 0.376 e. The summed E-state index contributed by atoms with van der Waals surface area (Å²) in [5, 5.41) is 0.104. The van der Waals surface area contributed by atoms with Gasteiger partial charge in [-0.05, 0) is 24.3 Å². The highest BCUT2D eigenvalue weighted by atomic mass is 35.5. The highest BCUT2D eigenvalue weighted by Gasteiger charge is 2.19. The van der Waals surface area contributed by atoms with E-state index in [1.807, 2.05) is 0 Å². The third kappa shape index (κ3) is 3.18. The van der Waals surface area contributed by atoms with Gasteiger partial charge in [-0.3, -0.25) is 0 Å². The summed E-state index contributed by atoms with van der Waals surface area (Å²) in [6.07, 6.45) is 0.971. The lowest BCUT2D eigenvalue weighted by Gasteiger charge is -2.07. The van der Waals surface area contributed by atoms with Crippen molar-refractivity contribution >= 4 is 21.7 Å². The second kappa shape index (κ2) is 5.10. The van der Waals surface area contributed by atoms with Crippen LogP contribution >= 0.6 is 11.6 Å². The maximum atomic E-state index is 13.3. The number of aromatic nitrogens is 1. The normalized spacial score (nSPS) is 11.3. The van der Waals surface area contributed by atoms with Crippen molar-refractivity contribution in [3.63, 3.8) is 0 Å². The van der Waals surface area contributed by atoms with E-state index in [-0.39, 0.29) is 10.0 Å². The van der Waals surface area contributed by atoms with Crippen LogP contribution in [0, 0.1) is 11.6 Å². The van der Waals surface area contributed by atoms with Gasteiger partial charge < -0.3 is 4.18 Å². The van der Waals surface area contributed by atoms with Gasteiger partial charge in [-0.15, -0.1) is 0 Å². The highest BCUT2D eigenvalue weighted by molar-refractivity contribution is 7.87. The smallest absolute Gasteiger partial charge is 0.340 e. The Hall–Kier alpha value is -1.73. The van der Waals surface area contributed by atoms with E-state index in [2.05, 4.69) is 9.17 Å². The molecule has 0 N–H and O–H groups in total. The Kier molecular flexibility index (Phi) is 3.68. The average Bonchev–Trinajstić information content (AvgIpc) is 2.33. The van der Waals surface area contributed by atoms with Crippen molar-refractivity contribution in [2.75, 3.05) is 0 Å². The number of hydrogen-bond donors (Lipinski definition) is 0. The van der Waals surface area contributed by atoms with E-state index in [0.717, 1.165) is 24.4 Å². The molecule has 1 heterocycles. The van der Waals surface area contributed by atoms with Crippen LogP contribution in [-0.2, 0) is 10.1 Å².